The second-order valence-corrected chi connectivity index (χ2v) is 9.37. The molecule has 0 fully saturated rings. The van der Waals surface area contributed by atoms with Crippen molar-refractivity contribution in [2.24, 2.45) is 0 Å². The Labute approximate surface area is 179 Å². The summed E-state index contributed by atoms with van der Waals surface area (Å²) in [6.07, 6.45) is 5.73. The van der Waals surface area contributed by atoms with Gasteiger partial charge in [0, 0.05) is 11.7 Å². The smallest absolute Gasteiger partial charge is 0.164 e. The van der Waals surface area contributed by atoms with Gasteiger partial charge in [-0.3, -0.25) is 0 Å². The van der Waals surface area contributed by atoms with Crippen LogP contribution in [0.25, 0.3) is 22.2 Å². The van der Waals surface area contributed by atoms with E-state index >= 15 is 0 Å². The van der Waals surface area contributed by atoms with Crippen molar-refractivity contribution in [3.63, 3.8) is 0 Å². The maximum atomic E-state index is 6.03. The molecule has 0 aromatic carbocycles. The molecular weight excluding hydrogens is 489 g/mol. The summed E-state index contributed by atoms with van der Waals surface area (Å²) in [6.45, 7) is 6.31. The molecule has 0 radical (unpaired) electrons. The summed E-state index contributed by atoms with van der Waals surface area (Å²) in [5, 5.41) is 5.70. The molecule has 0 saturated heterocycles. The Morgan fingerprint density at radius 2 is 2.00 bits per heavy atom. The Morgan fingerprint density at radius 1 is 1.25 bits per heavy atom. The van der Waals surface area contributed by atoms with Crippen LogP contribution in [0.5, 0.6) is 0 Å². The third kappa shape index (κ3) is 3.19. The van der Waals surface area contributed by atoms with E-state index in [-0.39, 0.29) is 5.25 Å². The minimum Gasteiger partial charge on any atom is -0.383 e. The predicted octanol–water partition coefficient (Wildman–Crippen LogP) is 3.08. The third-order valence-electron chi connectivity index (χ3n) is 4.72. The fourth-order valence-corrected chi connectivity index (χ4v) is 4.36. The van der Waals surface area contributed by atoms with E-state index in [4.69, 9.17) is 10.7 Å². The fourth-order valence-electron chi connectivity index (χ4n) is 3.23. The number of nitrogens with zero attached hydrogens (tertiary/aromatic N) is 7. The molecule has 146 valence electrons. The summed E-state index contributed by atoms with van der Waals surface area (Å²) >= 11 is 3.90. The second kappa shape index (κ2) is 7.10. The first-order valence-electron chi connectivity index (χ1n) is 8.69. The molecule has 1 atom stereocenters. The molecule has 0 aliphatic heterocycles. The molecule has 4 aromatic heterocycles. The predicted molar refractivity (Wildman–Crippen MR) is 119 cm³/mol. The van der Waals surface area contributed by atoms with Crippen molar-refractivity contribution in [1.29, 1.82) is 0 Å². The first kappa shape index (κ1) is 19.3. The van der Waals surface area contributed by atoms with Crippen molar-refractivity contribution in [2.75, 3.05) is 12.0 Å². The number of aromatic amines is 1. The molecule has 4 rings (SSSR count). The minimum absolute atomic E-state index is 0.242. The van der Waals surface area contributed by atoms with E-state index in [0.29, 0.717) is 12.2 Å². The van der Waals surface area contributed by atoms with E-state index in [0.717, 1.165) is 37.4 Å². The van der Waals surface area contributed by atoms with Gasteiger partial charge in [-0.2, -0.15) is 16.9 Å². The van der Waals surface area contributed by atoms with Crippen LogP contribution in [0.1, 0.15) is 37.5 Å². The van der Waals surface area contributed by atoms with Gasteiger partial charge in [0.15, 0.2) is 11.3 Å². The molecule has 4 aromatic rings. The van der Waals surface area contributed by atoms with E-state index in [2.05, 4.69) is 79.6 Å². The molecule has 0 aliphatic rings. The van der Waals surface area contributed by atoms with Gasteiger partial charge < -0.3 is 10.7 Å². The summed E-state index contributed by atoms with van der Waals surface area (Å²) < 4.78 is 2.68. The van der Waals surface area contributed by atoms with Gasteiger partial charge in [0.1, 0.15) is 33.5 Å². The Kier molecular flexibility index (Phi) is 4.89. The van der Waals surface area contributed by atoms with E-state index in [9.17, 15) is 0 Å². The van der Waals surface area contributed by atoms with Crippen molar-refractivity contribution in [3.8, 4) is 0 Å². The van der Waals surface area contributed by atoms with Crippen LogP contribution in [-0.2, 0) is 12.0 Å². The molecular formula is C17H20IN9S. The van der Waals surface area contributed by atoms with Gasteiger partial charge in [-0.25, -0.2) is 29.6 Å². The molecule has 3 N–H and O–H groups in total. The van der Waals surface area contributed by atoms with Crippen molar-refractivity contribution in [3.05, 3.63) is 27.9 Å². The SMILES string of the molecule is CSC(C)c1ncnc2[nH]c(CC(C)(C)n3nc(I)c4c(N)ncnc43)nc12. The average molecular weight is 509 g/mol. The summed E-state index contributed by atoms with van der Waals surface area (Å²) in [5.74, 6) is 1.27. The maximum absolute atomic E-state index is 6.03. The first-order chi connectivity index (χ1) is 13.3. The van der Waals surface area contributed by atoms with Crippen LogP contribution in [-0.4, -0.2) is 45.9 Å². The number of nitrogens with two attached hydrogens (primary N) is 1. The van der Waals surface area contributed by atoms with E-state index in [1.165, 1.54) is 6.33 Å². The first-order valence-corrected chi connectivity index (χ1v) is 11.1. The normalized spacial score (nSPS) is 13.5. The summed E-state index contributed by atoms with van der Waals surface area (Å²) in [5.41, 5.74) is 8.87. The number of hydrogen-bond acceptors (Lipinski definition) is 8. The number of anilines is 1. The van der Waals surface area contributed by atoms with Crippen molar-refractivity contribution < 1.29 is 0 Å². The topological polar surface area (TPSA) is 124 Å². The number of hydrogen-bond donors (Lipinski definition) is 2. The quantitative estimate of drug-likeness (QED) is 0.394. The lowest BCUT2D eigenvalue weighted by Crippen LogP contribution is -2.31. The zero-order chi connectivity index (χ0) is 20.1. The van der Waals surface area contributed by atoms with Crippen LogP contribution in [0.15, 0.2) is 12.7 Å². The highest BCUT2D eigenvalue weighted by molar-refractivity contribution is 14.1. The average Bonchev–Trinajstić information content (AvgIpc) is 3.22. The lowest BCUT2D eigenvalue weighted by Gasteiger charge is -2.24. The van der Waals surface area contributed by atoms with Crippen LogP contribution in [0, 0.1) is 3.70 Å². The molecule has 28 heavy (non-hydrogen) atoms. The standard InChI is InChI=1S/C17H20IN9S/c1-8(28-4)11-12-15(22-6-20-11)25-9(24-12)5-17(2,3)27-16-10(13(18)26-27)14(19)21-7-23-16/h6-8H,5H2,1-4H3,(H2,19,21,23)(H,20,22,24,25). The number of aromatic nitrogens is 8. The third-order valence-corrected chi connectivity index (χ3v) is 6.41. The summed E-state index contributed by atoms with van der Waals surface area (Å²) in [6, 6.07) is 0. The number of H-pyrrole nitrogens is 1. The molecule has 0 amide bonds. The highest BCUT2D eigenvalue weighted by Crippen LogP contribution is 2.31. The van der Waals surface area contributed by atoms with Gasteiger partial charge in [-0.1, -0.05) is 0 Å². The second-order valence-electron chi connectivity index (χ2n) is 7.17. The van der Waals surface area contributed by atoms with Crippen molar-refractivity contribution in [1.82, 2.24) is 39.7 Å². The number of fused-ring (bicyclic) bond motifs is 2. The maximum Gasteiger partial charge on any atom is 0.164 e. The monoisotopic (exact) mass is 509 g/mol. The highest BCUT2D eigenvalue weighted by Gasteiger charge is 2.29. The van der Waals surface area contributed by atoms with Gasteiger partial charge in [0.25, 0.3) is 0 Å². The number of halogens is 1. The Balaban J connectivity index is 1.76. The Bertz CT molecular complexity index is 1170. The molecule has 0 bridgehead atoms. The van der Waals surface area contributed by atoms with Crippen molar-refractivity contribution in [2.45, 2.75) is 38.0 Å². The fraction of sp³-hybridized carbons (Fsp3) is 0.412. The zero-order valence-corrected chi connectivity index (χ0v) is 18.9. The highest BCUT2D eigenvalue weighted by atomic mass is 127. The van der Waals surface area contributed by atoms with Gasteiger partial charge in [0.05, 0.1) is 16.6 Å². The summed E-state index contributed by atoms with van der Waals surface area (Å²) in [7, 11) is 0. The molecule has 0 aliphatic carbocycles. The van der Waals surface area contributed by atoms with Crippen LogP contribution in [0.2, 0.25) is 0 Å². The van der Waals surface area contributed by atoms with E-state index in [1.807, 2.05) is 4.68 Å². The van der Waals surface area contributed by atoms with Crippen LogP contribution in [0.3, 0.4) is 0 Å². The minimum atomic E-state index is -0.394. The van der Waals surface area contributed by atoms with Crippen LogP contribution >= 0.6 is 34.4 Å². The van der Waals surface area contributed by atoms with E-state index < -0.39 is 5.54 Å². The lowest BCUT2D eigenvalue weighted by molar-refractivity contribution is 0.319. The van der Waals surface area contributed by atoms with Crippen molar-refractivity contribution >= 4 is 62.4 Å². The number of rotatable bonds is 5. The molecule has 0 saturated carbocycles. The molecule has 9 nitrogen and oxygen atoms in total. The van der Waals surface area contributed by atoms with Crippen LogP contribution in [0.4, 0.5) is 5.82 Å². The molecule has 11 heteroatoms. The molecule has 0 spiro atoms. The van der Waals surface area contributed by atoms with E-state index in [1.54, 1.807) is 18.1 Å². The largest absolute Gasteiger partial charge is 0.383 e. The van der Waals surface area contributed by atoms with Gasteiger partial charge in [-0.05, 0) is 49.6 Å². The molecule has 4 heterocycles. The van der Waals surface area contributed by atoms with Gasteiger partial charge in [-0.15, -0.1) is 0 Å². The summed E-state index contributed by atoms with van der Waals surface area (Å²) in [4.78, 5) is 25.4. The number of thioether (sulfide) groups is 1. The Hall–Kier alpha value is -2.02. The number of nitrogens with one attached hydrogen (secondary N) is 1. The van der Waals surface area contributed by atoms with Gasteiger partial charge in [0.2, 0.25) is 0 Å². The number of nitrogen functional groups attached to an aromatic ring is 1. The number of imidazole rings is 1. The van der Waals surface area contributed by atoms with Gasteiger partial charge >= 0.3 is 0 Å². The van der Waals surface area contributed by atoms with Crippen LogP contribution < -0.4 is 5.73 Å². The zero-order valence-electron chi connectivity index (χ0n) is 15.9. The lowest BCUT2D eigenvalue weighted by atomic mass is 10.0. The Morgan fingerprint density at radius 3 is 2.75 bits per heavy atom. The molecule has 1 unspecified atom stereocenters.